The Kier molecular flexibility index (Phi) is 4.16. The molecule has 1 aliphatic rings. The van der Waals surface area contributed by atoms with Crippen LogP contribution in [0.4, 0.5) is 5.69 Å². The average molecular weight is 349 g/mol. The van der Waals surface area contributed by atoms with Gasteiger partial charge in [0.15, 0.2) is 0 Å². The highest BCUT2D eigenvalue weighted by Crippen LogP contribution is 2.30. The summed E-state index contributed by atoms with van der Waals surface area (Å²) in [4.78, 5) is 28.5. The molecule has 26 heavy (non-hydrogen) atoms. The molecule has 0 saturated heterocycles. The molecular weight excluding hydrogens is 330 g/mol. The van der Waals surface area contributed by atoms with Crippen molar-refractivity contribution in [3.05, 3.63) is 70.3 Å². The van der Waals surface area contributed by atoms with Crippen LogP contribution in [0.3, 0.4) is 0 Å². The van der Waals surface area contributed by atoms with Gasteiger partial charge in [-0.2, -0.15) is 0 Å². The van der Waals surface area contributed by atoms with Crippen molar-refractivity contribution < 1.29 is 9.53 Å². The van der Waals surface area contributed by atoms with E-state index in [1.807, 2.05) is 37.3 Å². The largest absolute Gasteiger partial charge is 0.487 e. The molecule has 0 unspecified atom stereocenters. The molecule has 1 aliphatic carbocycles. The Labute approximate surface area is 150 Å². The quantitative estimate of drug-likeness (QED) is 0.769. The molecule has 3 aromatic rings. The second-order valence-corrected chi connectivity index (χ2v) is 6.60. The van der Waals surface area contributed by atoms with Gasteiger partial charge in [-0.25, -0.2) is 4.98 Å². The maximum absolute atomic E-state index is 12.2. The van der Waals surface area contributed by atoms with Gasteiger partial charge in [0.25, 0.3) is 5.56 Å². The molecule has 6 heteroatoms. The van der Waals surface area contributed by atoms with E-state index in [2.05, 4.69) is 10.3 Å². The molecule has 0 atom stereocenters. The number of hydrogen-bond acceptors (Lipinski definition) is 4. The van der Waals surface area contributed by atoms with Crippen LogP contribution < -0.4 is 15.6 Å². The van der Waals surface area contributed by atoms with Gasteiger partial charge in [0.05, 0.1) is 5.69 Å². The molecule has 1 N–H and O–H groups in total. The van der Waals surface area contributed by atoms with Crippen LogP contribution in [0.25, 0.3) is 5.65 Å². The summed E-state index contributed by atoms with van der Waals surface area (Å²) in [6.45, 7) is 2.14. The second kappa shape index (κ2) is 6.63. The van der Waals surface area contributed by atoms with Crippen molar-refractivity contribution in [3.8, 4) is 5.75 Å². The number of nitrogens with zero attached hydrogens (tertiary/aromatic N) is 2. The van der Waals surface area contributed by atoms with E-state index < -0.39 is 0 Å². The predicted octanol–water partition coefficient (Wildman–Crippen LogP) is 2.93. The minimum Gasteiger partial charge on any atom is -0.487 e. The van der Waals surface area contributed by atoms with E-state index >= 15 is 0 Å². The van der Waals surface area contributed by atoms with Gasteiger partial charge >= 0.3 is 0 Å². The Hall–Kier alpha value is -3.15. The molecule has 1 amide bonds. The zero-order valence-electron chi connectivity index (χ0n) is 14.4. The lowest BCUT2D eigenvalue weighted by Gasteiger charge is -2.09. The molecular formula is C20H19N3O3. The molecule has 132 valence electrons. The predicted molar refractivity (Wildman–Crippen MR) is 98.3 cm³/mol. The van der Waals surface area contributed by atoms with Crippen LogP contribution >= 0.6 is 0 Å². The number of anilines is 1. The third kappa shape index (κ3) is 3.59. The second-order valence-electron chi connectivity index (χ2n) is 6.60. The van der Waals surface area contributed by atoms with Crippen LogP contribution in [0.5, 0.6) is 5.75 Å². The van der Waals surface area contributed by atoms with E-state index in [0.717, 1.165) is 18.4 Å². The Morgan fingerprint density at radius 3 is 2.92 bits per heavy atom. The molecule has 0 spiro atoms. The number of pyridine rings is 1. The summed E-state index contributed by atoms with van der Waals surface area (Å²) < 4.78 is 7.27. The van der Waals surface area contributed by atoms with Crippen molar-refractivity contribution in [3.63, 3.8) is 0 Å². The number of carbonyl (C=O) groups is 1. The van der Waals surface area contributed by atoms with Crippen molar-refractivity contribution >= 4 is 17.2 Å². The Morgan fingerprint density at radius 2 is 2.12 bits per heavy atom. The molecule has 1 aromatic carbocycles. The lowest BCUT2D eigenvalue weighted by molar-refractivity contribution is -0.117. The number of aromatic nitrogens is 2. The molecule has 2 heterocycles. The van der Waals surface area contributed by atoms with Crippen molar-refractivity contribution in [2.45, 2.75) is 26.4 Å². The lowest BCUT2D eigenvalue weighted by Crippen LogP contribution is -2.16. The Morgan fingerprint density at radius 1 is 1.27 bits per heavy atom. The normalized spacial score (nSPS) is 13.6. The third-order valence-corrected chi connectivity index (χ3v) is 4.31. The van der Waals surface area contributed by atoms with Gasteiger partial charge in [-0.1, -0.05) is 6.07 Å². The van der Waals surface area contributed by atoms with Gasteiger partial charge in [0.2, 0.25) is 5.91 Å². The first-order valence-corrected chi connectivity index (χ1v) is 8.61. The van der Waals surface area contributed by atoms with Crippen LogP contribution in [-0.4, -0.2) is 15.3 Å². The highest BCUT2D eigenvalue weighted by atomic mass is 16.5. The van der Waals surface area contributed by atoms with Crippen LogP contribution in [0, 0.1) is 12.8 Å². The number of rotatable bonds is 5. The van der Waals surface area contributed by atoms with Crippen LogP contribution in [0.15, 0.2) is 53.5 Å². The number of carbonyl (C=O) groups excluding carboxylic acids is 1. The number of ether oxygens (including phenoxy) is 1. The van der Waals surface area contributed by atoms with Crippen LogP contribution in [0.2, 0.25) is 0 Å². The lowest BCUT2D eigenvalue weighted by atomic mass is 10.2. The standard InChI is InChI=1S/C20H19N3O3/c1-13-7-8-23-18(9-13)21-16(11-19(23)24)12-26-17-4-2-3-15(10-17)22-20(25)14-5-6-14/h2-4,7-11,14H,5-6,12H2,1H3,(H,22,25). The van der Waals surface area contributed by atoms with Crippen molar-refractivity contribution in [2.75, 3.05) is 5.32 Å². The highest BCUT2D eigenvalue weighted by molar-refractivity contribution is 5.94. The third-order valence-electron chi connectivity index (χ3n) is 4.31. The average Bonchev–Trinajstić information content (AvgIpc) is 3.45. The number of nitrogens with one attached hydrogen (secondary N) is 1. The first-order valence-electron chi connectivity index (χ1n) is 8.61. The van der Waals surface area contributed by atoms with Crippen molar-refractivity contribution in [1.82, 2.24) is 9.38 Å². The van der Waals surface area contributed by atoms with Crippen LogP contribution in [0.1, 0.15) is 24.1 Å². The van der Waals surface area contributed by atoms with Gasteiger partial charge in [-0.05, 0) is 49.6 Å². The monoisotopic (exact) mass is 349 g/mol. The first-order chi connectivity index (χ1) is 12.6. The summed E-state index contributed by atoms with van der Waals surface area (Å²) in [5.74, 6) is 0.824. The number of fused-ring (bicyclic) bond motifs is 1. The molecule has 1 saturated carbocycles. The summed E-state index contributed by atoms with van der Waals surface area (Å²) >= 11 is 0. The number of hydrogen-bond donors (Lipinski definition) is 1. The molecule has 4 rings (SSSR count). The summed E-state index contributed by atoms with van der Waals surface area (Å²) in [7, 11) is 0. The first kappa shape index (κ1) is 16.3. The van der Waals surface area contributed by atoms with E-state index in [1.165, 1.54) is 10.5 Å². The number of benzene rings is 1. The minimum atomic E-state index is -0.140. The van der Waals surface area contributed by atoms with Gasteiger partial charge in [-0.15, -0.1) is 0 Å². The van der Waals surface area contributed by atoms with Gasteiger partial charge in [-0.3, -0.25) is 14.0 Å². The summed E-state index contributed by atoms with van der Waals surface area (Å²) in [6, 6.07) is 12.4. The van der Waals surface area contributed by atoms with E-state index in [1.54, 1.807) is 12.3 Å². The van der Waals surface area contributed by atoms with E-state index in [0.29, 0.717) is 22.8 Å². The topological polar surface area (TPSA) is 72.7 Å². The van der Waals surface area contributed by atoms with Crippen molar-refractivity contribution in [1.29, 1.82) is 0 Å². The zero-order valence-corrected chi connectivity index (χ0v) is 14.4. The fourth-order valence-electron chi connectivity index (χ4n) is 2.74. The van der Waals surface area contributed by atoms with E-state index in [4.69, 9.17) is 4.74 Å². The highest BCUT2D eigenvalue weighted by Gasteiger charge is 2.29. The van der Waals surface area contributed by atoms with Gasteiger partial charge in [0, 0.05) is 29.9 Å². The van der Waals surface area contributed by atoms with Gasteiger partial charge in [0.1, 0.15) is 18.0 Å². The fourth-order valence-corrected chi connectivity index (χ4v) is 2.74. The Balaban J connectivity index is 1.49. The molecule has 0 bridgehead atoms. The summed E-state index contributed by atoms with van der Waals surface area (Å²) in [5, 5.41) is 2.89. The van der Waals surface area contributed by atoms with Gasteiger partial charge < -0.3 is 10.1 Å². The van der Waals surface area contributed by atoms with Crippen LogP contribution in [-0.2, 0) is 11.4 Å². The van der Waals surface area contributed by atoms with E-state index in [-0.39, 0.29) is 24.0 Å². The molecule has 1 fully saturated rings. The smallest absolute Gasteiger partial charge is 0.258 e. The summed E-state index contributed by atoms with van der Waals surface area (Å²) in [6.07, 6.45) is 3.64. The number of aryl methyl sites for hydroxylation is 1. The van der Waals surface area contributed by atoms with Crippen molar-refractivity contribution in [2.24, 2.45) is 5.92 Å². The zero-order chi connectivity index (χ0) is 18.1. The SMILES string of the molecule is Cc1ccn2c(=O)cc(COc3cccc(NC(=O)C4CC4)c3)nc2c1. The maximum atomic E-state index is 12.2. The molecule has 0 radical (unpaired) electrons. The minimum absolute atomic E-state index is 0.0572. The summed E-state index contributed by atoms with van der Waals surface area (Å²) in [5.41, 5.74) is 2.77. The maximum Gasteiger partial charge on any atom is 0.258 e. The molecule has 2 aromatic heterocycles. The molecule has 6 nitrogen and oxygen atoms in total. The van der Waals surface area contributed by atoms with E-state index in [9.17, 15) is 9.59 Å². The molecule has 0 aliphatic heterocycles. The number of amides is 1. The Bertz CT molecular complexity index is 1040. The fraction of sp³-hybridized carbons (Fsp3) is 0.250.